The van der Waals surface area contributed by atoms with Crippen LogP contribution in [0.5, 0.6) is 0 Å². The minimum Gasteiger partial charge on any atom is -0.399 e. The van der Waals surface area contributed by atoms with Gasteiger partial charge in [-0.25, -0.2) is 0 Å². The zero-order chi connectivity index (χ0) is 15.4. The quantitative estimate of drug-likeness (QED) is 0.721. The second-order valence-corrected chi connectivity index (χ2v) is 4.33. The van der Waals surface area contributed by atoms with Crippen LogP contribution in [0.1, 0.15) is 21.5 Å². The van der Waals surface area contributed by atoms with Crippen LogP contribution in [0.2, 0.25) is 0 Å². The number of amides is 1. The standard InChI is InChI=1S/C15H11N5O/c16-7-9-1-2-14(5-11(9)8-17)20-15(21)10-3-12(18)6-13(19)4-10/h1-6H,18-19H2,(H,20,21). The second-order valence-electron chi connectivity index (χ2n) is 4.33. The van der Waals surface area contributed by atoms with Crippen molar-refractivity contribution in [3.8, 4) is 12.1 Å². The van der Waals surface area contributed by atoms with E-state index >= 15 is 0 Å². The lowest BCUT2D eigenvalue weighted by Crippen LogP contribution is -2.13. The molecular formula is C15H11N5O. The highest BCUT2D eigenvalue weighted by Crippen LogP contribution is 2.18. The SMILES string of the molecule is N#Cc1ccc(NC(=O)c2cc(N)cc(N)c2)cc1C#N. The number of carbonyl (C=O) groups excluding carboxylic acids is 1. The van der Waals surface area contributed by atoms with Crippen LogP contribution < -0.4 is 16.8 Å². The van der Waals surface area contributed by atoms with Crippen LogP contribution in [-0.2, 0) is 0 Å². The fraction of sp³-hybridized carbons (Fsp3) is 0. The van der Waals surface area contributed by atoms with Crippen LogP contribution in [0.4, 0.5) is 17.1 Å². The molecule has 21 heavy (non-hydrogen) atoms. The number of benzene rings is 2. The highest BCUT2D eigenvalue weighted by Gasteiger charge is 2.09. The Balaban J connectivity index is 2.28. The summed E-state index contributed by atoms with van der Waals surface area (Å²) >= 11 is 0. The summed E-state index contributed by atoms with van der Waals surface area (Å²) in [6.07, 6.45) is 0. The summed E-state index contributed by atoms with van der Waals surface area (Å²) in [5, 5.41) is 20.4. The van der Waals surface area contributed by atoms with Gasteiger partial charge in [0.2, 0.25) is 0 Å². The Morgan fingerprint density at radius 1 is 0.952 bits per heavy atom. The predicted octanol–water partition coefficient (Wildman–Crippen LogP) is 1.85. The molecule has 1 amide bonds. The van der Waals surface area contributed by atoms with Crippen molar-refractivity contribution in [2.24, 2.45) is 0 Å². The fourth-order valence-electron chi connectivity index (χ4n) is 1.82. The number of carbonyl (C=O) groups is 1. The number of nitrogens with two attached hydrogens (primary N) is 2. The van der Waals surface area contributed by atoms with Gasteiger partial charge in [-0.3, -0.25) is 4.79 Å². The van der Waals surface area contributed by atoms with E-state index in [1.165, 1.54) is 24.3 Å². The molecule has 0 saturated heterocycles. The number of nitrogens with one attached hydrogen (secondary N) is 1. The molecule has 0 fully saturated rings. The van der Waals surface area contributed by atoms with E-state index < -0.39 is 5.91 Å². The maximum Gasteiger partial charge on any atom is 0.255 e. The molecule has 2 rings (SSSR count). The topological polar surface area (TPSA) is 129 Å². The molecule has 0 spiro atoms. The highest BCUT2D eigenvalue weighted by molar-refractivity contribution is 6.05. The summed E-state index contributed by atoms with van der Waals surface area (Å²) in [4.78, 5) is 12.1. The first-order valence-electron chi connectivity index (χ1n) is 5.95. The van der Waals surface area contributed by atoms with Gasteiger partial charge in [0.15, 0.2) is 0 Å². The van der Waals surface area contributed by atoms with Gasteiger partial charge in [-0.2, -0.15) is 10.5 Å². The monoisotopic (exact) mass is 277 g/mol. The normalized spacial score (nSPS) is 9.43. The molecule has 0 atom stereocenters. The smallest absolute Gasteiger partial charge is 0.255 e. The number of anilines is 3. The van der Waals surface area contributed by atoms with Crippen LogP contribution >= 0.6 is 0 Å². The molecular weight excluding hydrogens is 266 g/mol. The lowest BCUT2D eigenvalue weighted by molar-refractivity contribution is 0.102. The lowest BCUT2D eigenvalue weighted by atomic mass is 10.1. The first kappa shape index (κ1) is 13.9. The number of nitrogens with zero attached hydrogens (tertiary/aromatic N) is 2. The van der Waals surface area contributed by atoms with Crippen molar-refractivity contribution in [1.82, 2.24) is 0 Å². The average Bonchev–Trinajstić information content (AvgIpc) is 2.46. The molecule has 0 bridgehead atoms. The predicted molar refractivity (Wildman–Crippen MR) is 79.1 cm³/mol. The summed E-state index contributed by atoms with van der Waals surface area (Å²) in [5.41, 5.74) is 13.2. The minimum absolute atomic E-state index is 0.197. The van der Waals surface area contributed by atoms with Crippen molar-refractivity contribution >= 4 is 23.0 Å². The van der Waals surface area contributed by atoms with E-state index in [-0.39, 0.29) is 11.1 Å². The third-order valence-corrected chi connectivity index (χ3v) is 2.76. The van der Waals surface area contributed by atoms with Gasteiger partial charge >= 0.3 is 0 Å². The lowest BCUT2D eigenvalue weighted by Gasteiger charge is -2.07. The molecule has 0 aliphatic carbocycles. The molecule has 0 radical (unpaired) electrons. The van der Waals surface area contributed by atoms with Gasteiger partial charge in [-0.15, -0.1) is 0 Å². The Labute approximate surface area is 121 Å². The van der Waals surface area contributed by atoms with Crippen LogP contribution in [0.3, 0.4) is 0 Å². The molecule has 0 unspecified atom stereocenters. The number of hydrogen-bond donors (Lipinski definition) is 3. The maximum atomic E-state index is 12.1. The molecule has 0 aliphatic heterocycles. The third-order valence-electron chi connectivity index (χ3n) is 2.76. The molecule has 5 N–H and O–H groups in total. The molecule has 6 heteroatoms. The van der Waals surface area contributed by atoms with Gasteiger partial charge in [-0.1, -0.05) is 0 Å². The van der Waals surface area contributed by atoms with E-state index in [4.69, 9.17) is 22.0 Å². The minimum atomic E-state index is -0.400. The number of nitriles is 2. The van der Waals surface area contributed by atoms with Crippen molar-refractivity contribution in [3.63, 3.8) is 0 Å². The number of rotatable bonds is 2. The van der Waals surface area contributed by atoms with Gasteiger partial charge in [0.25, 0.3) is 5.91 Å². The van der Waals surface area contributed by atoms with Gasteiger partial charge in [0, 0.05) is 22.6 Å². The maximum absolute atomic E-state index is 12.1. The Kier molecular flexibility index (Phi) is 3.74. The van der Waals surface area contributed by atoms with E-state index in [0.717, 1.165) is 0 Å². The van der Waals surface area contributed by atoms with Crippen LogP contribution in [0.15, 0.2) is 36.4 Å². The Morgan fingerprint density at radius 2 is 1.57 bits per heavy atom. The van der Waals surface area contributed by atoms with E-state index in [2.05, 4.69) is 5.32 Å². The zero-order valence-corrected chi connectivity index (χ0v) is 10.9. The summed E-state index contributed by atoms with van der Waals surface area (Å²) in [6.45, 7) is 0. The van der Waals surface area contributed by atoms with Crippen LogP contribution in [0, 0.1) is 22.7 Å². The van der Waals surface area contributed by atoms with Crippen LogP contribution in [0.25, 0.3) is 0 Å². The Morgan fingerprint density at radius 3 is 2.14 bits per heavy atom. The molecule has 6 nitrogen and oxygen atoms in total. The zero-order valence-electron chi connectivity index (χ0n) is 10.9. The van der Waals surface area contributed by atoms with Gasteiger partial charge in [-0.05, 0) is 36.4 Å². The largest absolute Gasteiger partial charge is 0.399 e. The first-order chi connectivity index (χ1) is 10.0. The highest BCUT2D eigenvalue weighted by atomic mass is 16.1. The molecule has 0 aliphatic rings. The summed E-state index contributed by atoms with van der Waals surface area (Å²) in [6, 6.07) is 12.8. The summed E-state index contributed by atoms with van der Waals surface area (Å²) < 4.78 is 0. The van der Waals surface area contributed by atoms with E-state index in [0.29, 0.717) is 22.6 Å². The van der Waals surface area contributed by atoms with Gasteiger partial charge in [0.05, 0.1) is 11.1 Å². The van der Waals surface area contributed by atoms with E-state index in [1.807, 2.05) is 12.1 Å². The molecule has 2 aromatic carbocycles. The molecule has 0 aromatic heterocycles. The molecule has 2 aromatic rings. The van der Waals surface area contributed by atoms with Gasteiger partial charge in [0.1, 0.15) is 12.1 Å². The van der Waals surface area contributed by atoms with Crippen molar-refractivity contribution in [3.05, 3.63) is 53.1 Å². The molecule has 102 valence electrons. The molecule has 0 heterocycles. The van der Waals surface area contributed by atoms with E-state index in [9.17, 15) is 4.79 Å². The van der Waals surface area contributed by atoms with Crippen molar-refractivity contribution in [1.29, 1.82) is 10.5 Å². The average molecular weight is 277 g/mol. The van der Waals surface area contributed by atoms with Crippen LogP contribution in [-0.4, -0.2) is 5.91 Å². The second kappa shape index (κ2) is 5.64. The molecule has 0 saturated carbocycles. The van der Waals surface area contributed by atoms with Crippen molar-refractivity contribution in [2.75, 3.05) is 16.8 Å². The third kappa shape index (κ3) is 3.09. The summed E-state index contributed by atoms with van der Waals surface area (Å²) in [5.74, 6) is -0.400. The first-order valence-corrected chi connectivity index (χ1v) is 5.95. The van der Waals surface area contributed by atoms with Crippen molar-refractivity contribution in [2.45, 2.75) is 0 Å². The Bertz CT molecular complexity index is 778. The summed E-state index contributed by atoms with van der Waals surface area (Å²) in [7, 11) is 0. The number of nitrogen functional groups attached to an aromatic ring is 2. The van der Waals surface area contributed by atoms with Gasteiger partial charge < -0.3 is 16.8 Å². The fourth-order valence-corrected chi connectivity index (χ4v) is 1.82. The van der Waals surface area contributed by atoms with E-state index in [1.54, 1.807) is 12.1 Å². The Hall–Kier alpha value is -3.51. The number of hydrogen-bond acceptors (Lipinski definition) is 5. The van der Waals surface area contributed by atoms with Crippen molar-refractivity contribution < 1.29 is 4.79 Å².